The predicted molar refractivity (Wildman–Crippen MR) is 142 cm³/mol. The van der Waals surface area contributed by atoms with Crippen LogP contribution >= 0.6 is 0 Å². The first kappa shape index (κ1) is 26.0. The van der Waals surface area contributed by atoms with Crippen LogP contribution in [0.3, 0.4) is 0 Å². The maximum atomic E-state index is 14.2. The van der Waals surface area contributed by atoms with E-state index in [1.807, 2.05) is 42.5 Å². The molecule has 0 atom stereocenters. The minimum atomic E-state index is -1.17. The number of benzene rings is 3. The van der Waals surface area contributed by atoms with Gasteiger partial charge in [-0.2, -0.15) is 4.98 Å². The minimum absolute atomic E-state index is 0.0294. The number of nitrogens with two attached hydrogens (primary N) is 1. The van der Waals surface area contributed by atoms with Crippen LogP contribution < -0.4 is 21.1 Å². The molecule has 0 unspecified atom stereocenters. The maximum absolute atomic E-state index is 14.2. The van der Waals surface area contributed by atoms with Gasteiger partial charge in [0.05, 0.1) is 5.56 Å². The summed E-state index contributed by atoms with van der Waals surface area (Å²) in [6.07, 6.45) is 2.86. The molecule has 8 nitrogen and oxygen atoms in total. The van der Waals surface area contributed by atoms with E-state index in [1.54, 1.807) is 12.1 Å². The largest absolute Gasteiger partial charge is 0.457 e. The first-order valence-electron chi connectivity index (χ1n) is 12.2. The van der Waals surface area contributed by atoms with E-state index in [1.165, 1.54) is 6.20 Å². The average molecular weight is 535 g/mol. The zero-order valence-corrected chi connectivity index (χ0v) is 20.7. The number of para-hydroxylation sites is 1. The number of ether oxygens (including phenoxy) is 2. The van der Waals surface area contributed by atoms with Gasteiger partial charge in [-0.1, -0.05) is 18.2 Å². The molecule has 39 heavy (non-hydrogen) atoms. The first-order valence-corrected chi connectivity index (χ1v) is 12.2. The maximum Gasteiger partial charge on any atom is 0.229 e. The van der Waals surface area contributed by atoms with Crippen molar-refractivity contribution in [2.24, 2.45) is 10.7 Å². The van der Waals surface area contributed by atoms with Crippen molar-refractivity contribution >= 4 is 29.0 Å². The van der Waals surface area contributed by atoms with Crippen molar-refractivity contribution in [2.45, 2.75) is 18.9 Å². The molecule has 1 fully saturated rings. The molecule has 200 valence electrons. The lowest BCUT2D eigenvalue weighted by atomic mass is 10.1. The number of halogens is 3. The lowest BCUT2D eigenvalue weighted by Gasteiger charge is -2.24. The van der Waals surface area contributed by atoms with E-state index >= 15 is 0 Å². The predicted octanol–water partition coefficient (Wildman–Crippen LogP) is 6.06. The van der Waals surface area contributed by atoms with E-state index in [9.17, 15) is 13.2 Å². The van der Waals surface area contributed by atoms with Crippen LogP contribution in [-0.2, 0) is 4.74 Å². The number of nitrogens with zero attached hydrogens (tertiary/aromatic N) is 3. The van der Waals surface area contributed by atoms with E-state index in [0.29, 0.717) is 42.6 Å². The van der Waals surface area contributed by atoms with Gasteiger partial charge in [-0.15, -0.1) is 0 Å². The number of aromatic nitrogens is 2. The fourth-order valence-corrected chi connectivity index (χ4v) is 3.96. The summed E-state index contributed by atoms with van der Waals surface area (Å²) in [4.78, 5) is 12.8. The van der Waals surface area contributed by atoms with Crippen molar-refractivity contribution in [1.82, 2.24) is 9.97 Å². The minimum Gasteiger partial charge on any atom is -0.457 e. The Labute approximate surface area is 222 Å². The van der Waals surface area contributed by atoms with Crippen LogP contribution in [0.25, 0.3) is 0 Å². The summed E-state index contributed by atoms with van der Waals surface area (Å²) >= 11 is 0. The molecule has 4 aromatic rings. The smallest absolute Gasteiger partial charge is 0.229 e. The third kappa shape index (κ3) is 6.63. The third-order valence-corrected chi connectivity index (χ3v) is 5.93. The van der Waals surface area contributed by atoms with E-state index < -0.39 is 23.1 Å². The highest BCUT2D eigenvalue weighted by Gasteiger charge is 2.19. The lowest BCUT2D eigenvalue weighted by molar-refractivity contribution is 0.0904. The molecule has 2 heterocycles. The van der Waals surface area contributed by atoms with Gasteiger partial charge in [0.2, 0.25) is 5.95 Å². The van der Waals surface area contributed by atoms with Crippen molar-refractivity contribution in [3.05, 3.63) is 95.9 Å². The van der Waals surface area contributed by atoms with Crippen LogP contribution in [0.1, 0.15) is 18.4 Å². The SMILES string of the molecule is NC(=Nc1c(F)cc(F)cc1F)c1cnc(Nc2ccc(Oc3ccccc3)cc2)nc1NC1CCOCC1. The van der Waals surface area contributed by atoms with Crippen molar-refractivity contribution in [1.29, 1.82) is 0 Å². The number of nitrogens with one attached hydrogen (secondary N) is 2. The number of amidine groups is 1. The molecule has 0 amide bonds. The van der Waals surface area contributed by atoms with Crippen molar-refractivity contribution in [3.63, 3.8) is 0 Å². The third-order valence-electron chi connectivity index (χ3n) is 5.93. The van der Waals surface area contributed by atoms with Gasteiger partial charge in [0.25, 0.3) is 0 Å². The summed E-state index contributed by atoms with van der Waals surface area (Å²) in [6.45, 7) is 1.16. The van der Waals surface area contributed by atoms with Gasteiger partial charge in [-0.05, 0) is 49.2 Å². The number of hydrogen-bond acceptors (Lipinski definition) is 7. The molecule has 5 rings (SSSR count). The molecule has 0 radical (unpaired) electrons. The highest BCUT2D eigenvalue weighted by Crippen LogP contribution is 2.27. The second kappa shape index (κ2) is 11.8. The molecule has 3 aromatic carbocycles. The van der Waals surface area contributed by atoms with Gasteiger partial charge >= 0.3 is 0 Å². The molecular weight excluding hydrogens is 509 g/mol. The van der Waals surface area contributed by atoms with Crippen LogP contribution in [0, 0.1) is 17.5 Å². The van der Waals surface area contributed by atoms with E-state index in [-0.39, 0.29) is 23.4 Å². The zero-order chi connectivity index (χ0) is 27.2. The fraction of sp³-hybridized carbons (Fsp3) is 0.179. The Balaban J connectivity index is 1.40. The average Bonchev–Trinajstić information content (AvgIpc) is 2.93. The van der Waals surface area contributed by atoms with Crippen LogP contribution in [0.5, 0.6) is 11.5 Å². The number of rotatable bonds is 8. The van der Waals surface area contributed by atoms with E-state index in [0.717, 1.165) is 18.6 Å². The molecule has 1 aliphatic heterocycles. The summed E-state index contributed by atoms with van der Waals surface area (Å²) in [6, 6.07) is 17.8. The molecule has 4 N–H and O–H groups in total. The number of aliphatic imine (C=N–C) groups is 1. The molecule has 0 aliphatic carbocycles. The highest BCUT2D eigenvalue weighted by atomic mass is 19.1. The van der Waals surface area contributed by atoms with E-state index in [4.69, 9.17) is 15.2 Å². The molecule has 11 heteroatoms. The Hall–Kier alpha value is -4.64. The highest BCUT2D eigenvalue weighted by molar-refractivity contribution is 6.03. The van der Waals surface area contributed by atoms with Gasteiger partial charge in [0.15, 0.2) is 11.6 Å². The number of anilines is 3. The summed E-state index contributed by atoms with van der Waals surface area (Å²) in [5, 5.41) is 6.45. The van der Waals surface area contributed by atoms with Crippen molar-refractivity contribution in [3.8, 4) is 11.5 Å². The topological polar surface area (TPSA) is 107 Å². The lowest BCUT2D eigenvalue weighted by Crippen LogP contribution is -2.30. The summed E-state index contributed by atoms with van der Waals surface area (Å²) in [5.41, 5.74) is 6.38. The normalized spacial score (nSPS) is 14.2. The molecule has 1 aliphatic rings. The summed E-state index contributed by atoms with van der Waals surface area (Å²) < 4.78 is 53.0. The Morgan fingerprint density at radius 2 is 1.62 bits per heavy atom. The molecule has 0 spiro atoms. The summed E-state index contributed by atoms with van der Waals surface area (Å²) in [5.74, 6) is -1.66. The molecule has 1 aromatic heterocycles. The quantitative estimate of drug-likeness (QED) is 0.186. The van der Waals surface area contributed by atoms with Crippen LogP contribution in [0.2, 0.25) is 0 Å². The molecule has 0 saturated carbocycles. The standard InChI is InChI=1S/C28H25F3N6O2/c29-17-14-23(30)25(24(31)15-17)36-26(32)22-16-33-28(37-27(22)34-19-10-12-38-13-11-19)35-18-6-8-21(9-7-18)39-20-4-2-1-3-5-20/h1-9,14-16,19H,10-13H2,(H2,32,36)(H2,33,34,35,37). The molecular formula is C28H25F3N6O2. The molecule has 0 bridgehead atoms. The number of hydrogen-bond donors (Lipinski definition) is 3. The second-order valence-electron chi connectivity index (χ2n) is 8.77. The van der Waals surface area contributed by atoms with Crippen LogP contribution in [-0.4, -0.2) is 35.1 Å². The second-order valence-corrected chi connectivity index (χ2v) is 8.77. The Kier molecular flexibility index (Phi) is 7.88. The fourth-order valence-electron chi connectivity index (χ4n) is 3.96. The first-order chi connectivity index (χ1) is 18.9. The van der Waals surface area contributed by atoms with Crippen LogP contribution in [0.4, 0.5) is 36.3 Å². The van der Waals surface area contributed by atoms with Gasteiger partial charge in [0, 0.05) is 43.3 Å². The summed E-state index contributed by atoms with van der Waals surface area (Å²) in [7, 11) is 0. The van der Waals surface area contributed by atoms with Gasteiger partial charge in [-0.3, -0.25) is 0 Å². The van der Waals surface area contributed by atoms with Gasteiger partial charge < -0.3 is 25.8 Å². The Morgan fingerprint density at radius 1 is 0.949 bits per heavy atom. The Morgan fingerprint density at radius 3 is 2.31 bits per heavy atom. The Bertz CT molecular complexity index is 1440. The molecule has 1 saturated heterocycles. The van der Waals surface area contributed by atoms with E-state index in [2.05, 4.69) is 25.6 Å². The van der Waals surface area contributed by atoms with Gasteiger partial charge in [0.1, 0.15) is 34.7 Å². The monoisotopic (exact) mass is 534 g/mol. The van der Waals surface area contributed by atoms with Crippen LogP contribution in [0.15, 0.2) is 77.9 Å². The van der Waals surface area contributed by atoms with Crippen molar-refractivity contribution in [2.75, 3.05) is 23.8 Å². The zero-order valence-electron chi connectivity index (χ0n) is 20.7. The van der Waals surface area contributed by atoms with Gasteiger partial charge in [-0.25, -0.2) is 23.1 Å². The van der Waals surface area contributed by atoms with Crippen molar-refractivity contribution < 1.29 is 22.6 Å².